The third-order valence-electron chi connectivity index (χ3n) is 5.02. The van der Waals surface area contributed by atoms with Crippen LogP contribution in [0.3, 0.4) is 0 Å². The minimum absolute atomic E-state index is 0.0188. The van der Waals surface area contributed by atoms with Crippen molar-refractivity contribution in [2.24, 2.45) is 5.92 Å². The molecule has 0 spiro atoms. The molecule has 3 heterocycles. The number of amides is 2. The van der Waals surface area contributed by atoms with Crippen LogP contribution in [0.15, 0.2) is 36.7 Å². The molecule has 1 N–H and O–H groups in total. The Labute approximate surface area is 195 Å². The Morgan fingerprint density at radius 3 is 2.44 bits per heavy atom. The van der Waals surface area contributed by atoms with Crippen molar-refractivity contribution in [3.63, 3.8) is 0 Å². The highest BCUT2D eigenvalue weighted by atomic mass is 19.4. The van der Waals surface area contributed by atoms with Gasteiger partial charge in [0.15, 0.2) is 0 Å². The molecule has 0 aliphatic carbocycles. The van der Waals surface area contributed by atoms with Gasteiger partial charge in [0.2, 0.25) is 11.8 Å². The number of aliphatic carboxylic acids is 1. The van der Waals surface area contributed by atoms with Crippen molar-refractivity contribution in [2.75, 3.05) is 13.6 Å². The molecule has 3 rings (SSSR count). The maximum atomic E-state index is 12.8. The predicted octanol–water partition coefficient (Wildman–Crippen LogP) is 2.89. The predicted molar refractivity (Wildman–Crippen MR) is 115 cm³/mol. The van der Waals surface area contributed by atoms with Gasteiger partial charge in [-0.3, -0.25) is 19.3 Å². The van der Waals surface area contributed by atoms with Crippen LogP contribution >= 0.6 is 0 Å². The van der Waals surface area contributed by atoms with Crippen molar-refractivity contribution in [3.05, 3.63) is 48.0 Å². The van der Waals surface area contributed by atoms with Gasteiger partial charge >= 0.3 is 12.1 Å². The summed E-state index contributed by atoms with van der Waals surface area (Å²) in [6, 6.07) is 7.45. The molecule has 0 fully saturated rings. The van der Waals surface area contributed by atoms with Gasteiger partial charge in [-0.2, -0.15) is 18.3 Å². The molecule has 2 aromatic heterocycles. The molecule has 0 radical (unpaired) electrons. The third-order valence-corrected chi connectivity index (χ3v) is 5.02. The zero-order valence-electron chi connectivity index (χ0n) is 19.2. The van der Waals surface area contributed by atoms with Crippen LogP contribution < -0.4 is 0 Å². The molecular formula is C22H28F3N5O4. The first-order valence-electron chi connectivity index (χ1n) is 10.6. The van der Waals surface area contributed by atoms with Gasteiger partial charge in [-0.25, -0.2) is 4.79 Å². The number of alkyl halides is 3. The number of halogens is 3. The lowest BCUT2D eigenvalue weighted by atomic mass is 10.1. The van der Waals surface area contributed by atoms with Gasteiger partial charge in [0, 0.05) is 32.4 Å². The third kappa shape index (κ3) is 7.85. The molecule has 0 saturated heterocycles. The lowest BCUT2D eigenvalue weighted by Gasteiger charge is -2.34. The summed E-state index contributed by atoms with van der Waals surface area (Å²) in [6.07, 6.45) is -0.790. The largest absolute Gasteiger partial charge is 0.490 e. The first-order chi connectivity index (χ1) is 15.9. The van der Waals surface area contributed by atoms with Gasteiger partial charge in [-0.05, 0) is 24.1 Å². The van der Waals surface area contributed by atoms with E-state index in [4.69, 9.17) is 9.90 Å². The summed E-state index contributed by atoms with van der Waals surface area (Å²) in [7, 11) is 1.78. The number of pyridine rings is 1. The Balaban J connectivity index is 0.000000509. The maximum Gasteiger partial charge on any atom is 0.490 e. The van der Waals surface area contributed by atoms with E-state index in [2.05, 4.69) is 10.1 Å². The summed E-state index contributed by atoms with van der Waals surface area (Å²) in [5, 5.41) is 11.5. The van der Waals surface area contributed by atoms with E-state index in [1.54, 1.807) is 24.3 Å². The second-order valence-corrected chi connectivity index (χ2v) is 8.37. The first-order valence-corrected chi connectivity index (χ1v) is 10.6. The molecule has 34 heavy (non-hydrogen) atoms. The maximum absolute atomic E-state index is 12.8. The van der Waals surface area contributed by atoms with E-state index in [1.165, 1.54) is 0 Å². The Morgan fingerprint density at radius 2 is 1.88 bits per heavy atom. The van der Waals surface area contributed by atoms with Crippen LogP contribution in [0.1, 0.15) is 44.1 Å². The summed E-state index contributed by atoms with van der Waals surface area (Å²) >= 11 is 0. The highest BCUT2D eigenvalue weighted by Crippen LogP contribution is 2.25. The van der Waals surface area contributed by atoms with Crippen LogP contribution in [0.4, 0.5) is 13.2 Å². The lowest BCUT2D eigenvalue weighted by Crippen LogP contribution is -2.43. The topological polar surface area (TPSA) is 109 Å². The van der Waals surface area contributed by atoms with Gasteiger partial charge in [0.05, 0.1) is 36.9 Å². The average molecular weight is 483 g/mol. The van der Waals surface area contributed by atoms with E-state index in [9.17, 15) is 22.8 Å². The summed E-state index contributed by atoms with van der Waals surface area (Å²) in [5.41, 5.74) is 1.83. The molecule has 186 valence electrons. The van der Waals surface area contributed by atoms with E-state index < -0.39 is 12.1 Å². The fourth-order valence-electron chi connectivity index (χ4n) is 3.39. The highest BCUT2D eigenvalue weighted by Gasteiger charge is 2.38. The molecule has 1 aliphatic heterocycles. The van der Waals surface area contributed by atoms with Crippen LogP contribution in [-0.2, 0) is 27.5 Å². The second kappa shape index (κ2) is 11.6. The van der Waals surface area contributed by atoms with Gasteiger partial charge in [-0.15, -0.1) is 0 Å². The van der Waals surface area contributed by atoms with Gasteiger partial charge in [0.1, 0.15) is 0 Å². The van der Waals surface area contributed by atoms with Crippen LogP contribution in [0.5, 0.6) is 0 Å². The summed E-state index contributed by atoms with van der Waals surface area (Å²) in [6.45, 7) is 5.62. The van der Waals surface area contributed by atoms with E-state index in [0.29, 0.717) is 38.4 Å². The summed E-state index contributed by atoms with van der Waals surface area (Å²) in [5.74, 6) is -2.29. The SMILES string of the molecule is CC(C)CC(=O)N1Cc2ccnn2C(CC(=O)N(C)Cc2ccccn2)C1.O=C(O)C(F)(F)F. The van der Waals surface area contributed by atoms with E-state index >= 15 is 0 Å². The zero-order chi connectivity index (χ0) is 25.5. The Hall–Kier alpha value is -3.44. The number of carboxylic acid groups (broad SMARTS) is 1. The molecule has 1 unspecified atom stereocenters. The Morgan fingerprint density at radius 1 is 1.21 bits per heavy atom. The molecule has 0 aromatic carbocycles. The van der Waals surface area contributed by atoms with E-state index in [0.717, 1.165) is 11.4 Å². The fourth-order valence-corrected chi connectivity index (χ4v) is 3.39. The van der Waals surface area contributed by atoms with Crippen LogP contribution in [0.2, 0.25) is 0 Å². The minimum atomic E-state index is -5.08. The number of carbonyl (C=O) groups excluding carboxylic acids is 2. The van der Waals surface area contributed by atoms with Gasteiger partial charge in [0.25, 0.3) is 0 Å². The van der Waals surface area contributed by atoms with Crippen molar-refractivity contribution in [1.29, 1.82) is 0 Å². The fraction of sp³-hybridized carbons (Fsp3) is 0.500. The lowest BCUT2D eigenvalue weighted by molar-refractivity contribution is -0.192. The van der Waals surface area contributed by atoms with Crippen molar-refractivity contribution in [3.8, 4) is 0 Å². The quantitative estimate of drug-likeness (QED) is 0.677. The number of aromatic nitrogens is 3. The molecule has 9 nitrogen and oxygen atoms in total. The highest BCUT2D eigenvalue weighted by molar-refractivity contribution is 5.78. The molecule has 2 amide bonds. The number of carboxylic acids is 1. The molecule has 1 aliphatic rings. The standard InChI is InChI=1S/C20H27N5O2.C2HF3O2/c1-15(2)10-20(27)24-13-17-7-9-22-25(17)18(14-24)11-19(26)23(3)12-16-6-4-5-8-21-16;3-2(4,5)1(6)7/h4-9,15,18H,10-14H2,1-3H3;(H,6,7). The number of fused-ring (bicyclic) bond motifs is 1. The summed E-state index contributed by atoms with van der Waals surface area (Å²) < 4.78 is 33.6. The van der Waals surface area contributed by atoms with Crippen molar-refractivity contribution in [1.82, 2.24) is 24.6 Å². The van der Waals surface area contributed by atoms with Crippen LogP contribution in [0, 0.1) is 5.92 Å². The van der Waals surface area contributed by atoms with Gasteiger partial charge < -0.3 is 14.9 Å². The monoisotopic (exact) mass is 483 g/mol. The molecule has 1 atom stereocenters. The van der Waals surface area contributed by atoms with Crippen molar-refractivity contribution >= 4 is 17.8 Å². The zero-order valence-corrected chi connectivity index (χ0v) is 19.2. The minimum Gasteiger partial charge on any atom is -0.475 e. The smallest absolute Gasteiger partial charge is 0.475 e. The normalized spacial score (nSPS) is 15.3. The van der Waals surface area contributed by atoms with Gasteiger partial charge in [-0.1, -0.05) is 19.9 Å². The average Bonchev–Trinajstić information content (AvgIpc) is 3.22. The van der Waals surface area contributed by atoms with Crippen molar-refractivity contribution < 1.29 is 32.7 Å². The number of hydrogen-bond donors (Lipinski definition) is 1. The van der Waals surface area contributed by atoms with Crippen LogP contribution in [0.25, 0.3) is 0 Å². The number of rotatable bonds is 6. The number of nitrogens with zero attached hydrogens (tertiary/aromatic N) is 5. The first kappa shape index (κ1) is 26.8. The second-order valence-electron chi connectivity index (χ2n) is 8.37. The molecule has 0 bridgehead atoms. The number of carbonyl (C=O) groups is 3. The molecular weight excluding hydrogens is 455 g/mol. The van der Waals surface area contributed by atoms with E-state index in [-0.39, 0.29) is 17.9 Å². The molecule has 12 heteroatoms. The molecule has 0 saturated carbocycles. The Bertz CT molecular complexity index is 978. The Kier molecular flexibility index (Phi) is 9.16. The summed E-state index contributed by atoms with van der Waals surface area (Å²) in [4.78, 5) is 42.0. The van der Waals surface area contributed by atoms with E-state index in [1.807, 2.05) is 47.7 Å². The van der Waals surface area contributed by atoms with Crippen LogP contribution in [-0.4, -0.2) is 67.2 Å². The van der Waals surface area contributed by atoms with Crippen molar-refractivity contribution in [2.45, 2.75) is 52.0 Å². The molecule has 2 aromatic rings. The number of hydrogen-bond acceptors (Lipinski definition) is 5.